The van der Waals surface area contributed by atoms with Crippen molar-refractivity contribution in [2.45, 2.75) is 38.3 Å². The van der Waals surface area contributed by atoms with Gasteiger partial charge in [0.1, 0.15) is 6.04 Å². The average Bonchev–Trinajstić information content (AvgIpc) is 3.12. The molecule has 1 saturated heterocycles. The molecule has 2 aliphatic rings. The molecule has 0 unspecified atom stereocenters. The fourth-order valence-electron chi connectivity index (χ4n) is 4.36. The van der Waals surface area contributed by atoms with Gasteiger partial charge in [0.25, 0.3) is 0 Å². The lowest BCUT2D eigenvalue weighted by atomic mass is 9.99. The minimum atomic E-state index is -0.563. The standard InChI is InChI=1S/C24H29N3O4/c1-2-25-24(29)26-23(28)22(17-8-4-3-5-9-17)27-13-6-10-19(27)18-11-12-20-21(16-18)31-15-7-14-30-20/h3-5,8-9,11-12,16,19,22H,2,6-7,10,13-15H2,1H3,(H2,25,26,28,29)/t19-,22+/m1/s1. The Hall–Kier alpha value is -3.06. The third kappa shape index (κ3) is 4.82. The smallest absolute Gasteiger partial charge is 0.321 e. The zero-order chi connectivity index (χ0) is 21.6. The first-order valence-corrected chi connectivity index (χ1v) is 11.0. The first kappa shape index (κ1) is 21.2. The maximum atomic E-state index is 13.2. The molecule has 4 rings (SSSR count). The van der Waals surface area contributed by atoms with E-state index in [4.69, 9.17) is 9.47 Å². The number of hydrogen-bond donors (Lipinski definition) is 2. The SMILES string of the molecule is CCNC(=O)NC(=O)[C@H](c1ccccc1)N1CCC[C@@H]1c1ccc2c(c1)OCCCO2. The molecule has 2 aromatic rings. The highest BCUT2D eigenvalue weighted by Crippen LogP contribution is 2.41. The Morgan fingerprint density at radius 2 is 1.84 bits per heavy atom. The molecule has 0 bridgehead atoms. The Labute approximate surface area is 182 Å². The van der Waals surface area contributed by atoms with Crippen LogP contribution in [0.1, 0.15) is 49.4 Å². The average molecular weight is 424 g/mol. The molecular weight excluding hydrogens is 394 g/mol. The number of amides is 3. The second-order valence-corrected chi connectivity index (χ2v) is 7.81. The molecule has 2 aliphatic heterocycles. The van der Waals surface area contributed by atoms with Gasteiger partial charge in [0.15, 0.2) is 11.5 Å². The highest BCUT2D eigenvalue weighted by atomic mass is 16.5. The zero-order valence-electron chi connectivity index (χ0n) is 17.8. The maximum Gasteiger partial charge on any atom is 0.321 e. The minimum Gasteiger partial charge on any atom is -0.490 e. The van der Waals surface area contributed by atoms with Gasteiger partial charge in [-0.2, -0.15) is 0 Å². The first-order valence-electron chi connectivity index (χ1n) is 11.0. The maximum absolute atomic E-state index is 13.2. The van der Waals surface area contributed by atoms with Crippen molar-refractivity contribution in [1.29, 1.82) is 0 Å². The van der Waals surface area contributed by atoms with E-state index in [1.807, 2.05) is 49.4 Å². The lowest BCUT2D eigenvalue weighted by molar-refractivity contribution is -0.126. The lowest BCUT2D eigenvalue weighted by Gasteiger charge is -2.32. The molecule has 2 aromatic carbocycles. The summed E-state index contributed by atoms with van der Waals surface area (Å²) in [5.74, 6) is 1.20. The van der Waals surface area contributed by atoms with E-state index in [9.17, 15) is 9.59 Å². The van der Waals surface area contributed by atoms with Gasteiger partial charge in [-0.15, -0.1) is 0 Å². The number of likely N-dealkylation sites (tertiary alicyclic amines) is 1. The summed E-state index contributed by atoms with van der Waals surface area (Å²) >= 11 is 0. The molecule has 2 atom stereocenters. The monoisotopic (exact) mass is 423 g/mol. The molecule has 0 saturated carbocycles. The summed E-state index contributed by atoms with van der Waals surface area (Å²) in [5, 5.41) is 5.15. The Morgan fingerprint density at radius 3 is 2.61 bits per heavy atom. The van der Waals surface area contributed by atoms with Crippen LogP contribution in [0.5, 0.6) is 11.5 Å². The molecule has 7 heteroatoms. The summed E-state index contributed by atoms with van der Waals surface area (Å²) in [4.78, 5) is 27.5. The van der Waals surface area contributed by atoms with Crippen LogP contribution in [0.2, 0.25) is 0 Å². The van der Waals surface area contributed by atoms with Crippen LogP contribution in [-0.2, 0) is 4.79 Å². The second kappa shape index (κ2) is 9.83. The third-order valence-corrected chi connectivity index (χ3v) is 5.72. The van der Waals surface area contributed by atoms with Crippen molar-refractivity contribution in [2.24, 2.45) is 0 Å². The lowest BCUT2D eigenvalue weighted by Crippen LogP contribution is -2.46. The van der Waals surface area contributed by atoms with Crippen molar-refractivity contribution in [2.75, 3.05) is 26.3 Å². The Morgan fingerprint density at radius 1 is 1.06 bits per heavy atom. The number of imide groups is 1. The van der Waals surface area contributed by atoms with E-state index in [1.54, 1.807) is 0 Å². The minimum absolute atomic E-state index is 0.0438. The van der Waals surface area contributed by atoms with Crippen molar-refractivity contribution < 1.29 is 19.1 Å². The van der Waals surface area contributed by atoms with Crippen molar-refractivity contribution in [3.63, 3.8) is 0 Å². The fourth-order valence-corrected chi connectivity index (χ4v) is 4.36. The molecule has 2 N–H and O–H groups in total. The molecule has 0 aliphatic carbocycles. The first-order chi connectivity index (χ1) is 15.2. The molecule has 0 aromatic heterocycles. The molecule has 164 valence electrons. The number of carbonyl (C=O) groups is 2. The van der Waals surface area contributed by atoms with Crippen LogP contribution in [-0.4, -0.2) is 43.1 Å². The van der Waals surface area contributed by atoms with Crippen LogP contribution in [0.25, 0.3) is 0 Å². The molecule has 31 heavy (non-hydrogen) atoms. The van der Waals surface area contributed by atoms with Crippen LogP contribution in [0.3, 0.4) is 0 Å². The molecule has 0 radical (unpaired) electrons. The van der Waals surface area contributed by atoms with Gasteiger partial charge in [-0.3, -0.25) is 15.0 Å². The molecular formula is C24H29N3O4. The number of carbonyl (C=O) groups excluding carboxylic acids is 2. The van der Waals surface area contributed by atoms with Gasteiger partial charge in [-0.25, -0.2) is 4.79 Å². The number of urea groups is 1. The van der Waals surface area contributed by atoms with Crippen LogP contribution >= 0.6 is 0 Å². The van der Waals surface area contributed by atoms with Crippen molar-refractivity contribution in [1.82, 2.24) is 15.5 Å². The quantitative estimate of drug-likeness (QED) is 0.769. The number of hydrogen-bond acceptors (Lipinski definition) is 5. The number of ether oxygens (including phenoxy) is 2. The largest absolute Gasteiger partial charge is 0.490 e. The summed E-state index contributed by atoms with van der Waals surface area (Å²) in [7, 11) is 0. The van der Waals surface area contributed by atoms with E-state index < -0.39 is 12.1 Å². The number of benzene rings is 2. The van der Waals surface area contributed by atoms with Gasteiger partial charge in [0.05, 0.1) is 13.2 Å². The van der Waals surface area contributed by atoms with Crippen molar-refractivity contribution in [3.05, 3.63) is 59.7 Å². The highest BCUT2D eigenvalue weighted by molar-refractivity contribution is 5.97. The predicted octanol–water partition coefficient (Wildman–Crippen LogP) is 3.57. The van der Waals surface area contributed by atoms with Gasteiger partial charge in [-0.05, 0) is 49.6 Å². The molecule has 1 fully saturated rings. The summed E-state index contributed by atoms with van der Waals surface area (Å²) in [6.45, 7) is 4.32. The molecule has 3 amide bonds. The number of nitrogens with zero attached hydrogens (tertiary/aromatic N) is 1. The summed E-state index contributed by atoms with van der Waals surface area (Å²) in [5.41, 5.74) is 1.96. The van der Waals surface area contributed by atoms with E-state index in [0.717, 1.165) is 48.4 Å². The van der Waals surface area contributed by atoms with Crippen molar-refractivity contribution in [3.8, 4) is 11.5 Å². The second-order valence-electron chi connectivity index (χ2n) is 7.81. The van der Waals surface area contributed by atoms with E-state index in [2.05, 4.69) is 21.6 Å². The topological polar surface area (TPSA) is 79.9 Å². The Bertz CT molecular complexity index is 918. The summed E-state index contributed by atoms with van der Waals surface area (Å²) in [6.07, 6.45) is 2.75. The van der Waals surface area contributed by atoms with Crippen LogP contribution < -0.4 is 20.1 Å². The zero-order valence-corrected chi connectivity index (χ0v) is 17.8. The fraction of sp³-hybridized carbons (Fsp3) is 0.417. The van der Waals surface area contributed by atoms with E-state index in [1.165, 1.54) is 0 Å². The van der Waals surface area contributed by atoms with Gasteiger partial charge in [0, 0.05) is 19.0 Å². The number of fused-ring (bicyclic) bond motifs is 1. The number of nitrogens with one attached hydrogen (secondary N) is 2. The van der Waals surface area contributed by atoms with Gasteiger partial charge in [-0.1, -0.05) is 36.4 Å². The molecule has 0 spiro atoms. The number of rotatable bonds is 5. The third-order valence-electron chi connectivity index (χ3n) is 5.72. The predicted molar refractivity (Wildman–Crippen MR) is 117 cm³/mol. The van der Waals surface area contributed by atoms with Gasteiger partial charge in [0.2, 0.25) is 5.91 Å². The van der Waals surface area contributed by atoms with Crippen LogP contribution in [0.4, 0.5) is 4.79 Å². The van der Waals surface area contributed by atoms with Gasteiger partial charge >= 0.3 is 6.03 Å². The molecule has 2 heterocycles. The van der Waals surface area contributed by atoms with Crippen molar-refractivity contribution >= 4 is 11.9 Å². The van der Waals surface area contributed by atoms with E-state index >= 15 is 0 Å². The van der Waals surface area contributed by atoms with E-state index in [0.29, 0.717) is 19.8 Å². The Kier molecular flexibility index (Phi) is 6.72. The summed E-state index contributed by atoms with van der Waals surface area (Å²) < 4.78 is 11.6. The van der Waals surface area contributed by atoms with Crippen LogP contribution in [0.15, 0.2) is 48.5 Å². The van der Waals surface area contributed by atoms with Crippen LogP contribution in [0, 0.1) is 0 Å². The summed E-state index contributed by atoms with van der Waals surface area (Å²) in [6, 6.07) is 14.7. The molecule has 7 nitrogen and oxygen atoms in total. The Balaban J connectivity index is 1.63. The van der Waals surface area contributed by atoms with Gasteiger partial charge < -0.3 is 14.8 Å². The normalized spacial score (nSPS) is 19.3. The highest BCUT2D eigenvalue weighted by Gasteiger charge is 2.37. The van der Waals surface area contributed by atoms with E-state index in [-0.39, 0.29) is 11.9 Å².